The molecule has 0 radical (unpaired) electrons. The zero-order valence-corrected chi connectivity index (χ0v) is 19.1. The van der Waals surface area contributed by atoms with Crippen molar-refractivity contribution in [2.45, 2.75) is 64.3 Å². The van der Waals surface area contributed by atoms with Gasteiger partial charge in [-0.1, -0.05) is 30.3 Å². The molecule has 0 bridgehead atoms. The third-order valence-corrected chi connectivity index (χ3v) is 5.51. The topological polar surface area (TPSA) is 95.1 Å². The lowest BCUT2D eigenvalue weighted by Crippen LogP contribution is -2.55. The number of benzene rings is 1. The average molecular weight is 468 g/mol. The quantitative estimate of drug-likeness (QED) is 0.450. The first-order chi connectivity index (χ1) is 15.5. The van der Waals surface area contributed by atoms with E-state index in [9.17, 15) is 9.59 Å². The van der Waals surface area contributed by atoms with Crippen LogP contribution in [0.25, 0.3) is 0 Å². The largest absolute Gasteiger partial charge is 0.501 e. The number of carbonyl (C=O) groups is 2. The standard InChI is InChI=1S/C23H30F2N2O6/c1-5-30-11-14(2)20(28)27-21(29)26-19-18-17(32-22(3,4)33-18)16(23(19,24)25)13-31-12-15-9-7-6-8-10-15/h6-11,16-19H,5,12-13H2,1-4H3,(H2,26,27,28,29). The molecule has 2 fully saturated rings. The summed E-state index contributed by atoms with van der Waals surface area (Å²) in [6.45, 7) is 6.62. The van der Waals surface area contributed by atoms with E-state index in [1.165, 1.54) is 13.2 Å². The van der Waals surface area contributed by atoms with Gasteiger partial charge >= 0.3 is 6.03 Å². The van der Waals surface area contributed by atoms with Gasteiger partial charge in [0.15, 0.2) is 5.79 Å². The highest BCUT2D eigenvalue weighted by atomic mass is 19.3. The van der Waals surface area contributed by atoms with Gasteiger partial charge in [-0.05, 0) is 33.3 Å². The predicted molar refractivity (Wildman–Crippen MR) is 114 cm³/mol. The molecule has 1 aromatic rings. The number of amides is 3. The van der Waals surface area contributed by atoms with Gasteiger partial charge in [0.25, 0.3) is 11.8 Å². The maximum atomic E-state index is 15.4. The van der Waals surface area contributed by atoms with Crippen LogP contribution in [0.15, 0.2) is 42.2 Å². The molecule has 33 heavy (non-hydrogen) atoms. The van der Waals surface area contributed by atoms with Gasteiger partial charge in [-0.15, -0.1) is 0 Å². The number of imide groups is 1. The maximum absolute atomic E-state index is 15.4. The van der Waals surface area contributed by atoms with Gasteiger partial charge in [0.2, 0.25) is 0 Å². The van der Waals surface area contributed by atoms with Crippen LogP contribution in [0.2, 0.25) is 0 Å². The van der Waals surface area contributed by atoms with Crippen LogP contribution in [0.4, 0.5) is 13.6 Å². The highest BCUT2D eigenvalue weighted by Gasteiger charge is 2.68. The molecule has 182 valence electrons. The number of nitrogens with one attached hydrogen (secondary N) is 2. The molecule has 2 aliphatic rings. The van der Waals surface area contributed by atoms with E-state index < -0.39 is 47.8 Å². The molecular formula is C23H30F2N2O6. The Kier molecular flexibility index (Phi) is 7.71. The zero-order valence-electron chi connectivity index (χ0n) is 19.1. The average Bonchev–Trinajstić information content (AvgIpc) is 3.15. The number of ether oxygens (including phenoxy) is 4. The lowest BCUT2D eigenvalue weighted by Gasteiger charge is -2.30. The molecule has 1 aromatic carbocycles. The molecule has 1 saturated carbocycles. The van der Waals surface area contributed by atoms with Crippen LogP contribution in [0.3, 0.4) is 0 Å². The lowest BCUT2D eigenvalue weighted by atomic mass is 10.0. The first kappa shape index (κ1) is 25.1. The summed E-state index contributed by atoms with van der Waals surface area (Å²) in [5, 5.41) is 4.24. The highest BCUT2D eigenvalue weighted by molar-refractivity contribution is 6.03. The minimum atomic E-state index is -3.40. The number of carbonyl (C=O) groups excluding carboxylic acids is 2. The molecule has 1 aliphatic carbocycles. The summed E-state index contributed by atoms with van der Waals surface area (Å²) in [5.41, 5.74) is 0.971. The third-order valence-electron chi connectivity index (χ3n) is 5.51. The van der Waals surface area contributed by atoms with Gasteiger partial charge in [-0.25, -0.2) is 13.6 Å². The summed E-state index contributed by atoms with van der Waals surface area (Å²) in [5.74, 6) is -6.62. The molecule has 3 rings (SSSR count). The molecule has 1 heterocycles. The van der Waals surface area contributed by atoms with E-state index in [0.29, 0.717) is 6.61 Å². The highest BCUT2D eigenvalue weighted by Crippen LogP contribution is 2.49. The number of hydrogen-bond donors (Lipinski definition) is 2. The van der Waals surface area contributed by atoms with Crippen LogP contribution < -0.4 is 10.6 Å². The van der Waals surface area contributed by atoms with Crippen molar-refractivity contribution in [3.63, 3.8) is 0 Å². The summed E-state index contributed by atoms with van der Waals surface area (Å²) in [4.78, 5) is 24.4. The summed E-state index contributed by atoms with van der Waals surface area (Å²) >= 11 is 0. The number of rotatable bonds is 8. The normalized spacial score (nSPS) is 27.6. The third kappa shape index (κ3) is 5.87. The van der Waals surface area contributed by atoms with Gasteiger partial charge in [0, 0.05) is 5.57 Å². The zero-order chi connectivity index (χ0) is 24.2. The second kappa shape index (κ2) is 10.1. The van der Waals surface area contributed by atoms with E-state index in [-0.39, 0.29) is 18.8 Å². The Bertz CT molecular complexity index is 877. The molecule has 1 aliphatic heterocycles. The van der Waals surface area contributed by atoms with Crippen LogP contribution >= 0.6 is 0 Å². The Morgan fingerprint density at radius 2 is 1.82 bits per heavy atom. The fraction of sp³-hybridized carbons (Fsp3) is 0.565. The molecule has 1 saturated heterocycles. The van der Waals surface area contributed by atoms with Crippen LogP contribution in [0.5, 0.6) is 0 Å². The summed E-state index contributed by atoms with van der Waals surface area (Å²) in [6, 6.07) is 6.42. The van der Waals surface area contributed by atoms with E-state index in [2.05, 4.69) is 5.32 Å². The van der Waals surface area contributed by atoms with E-state index in [1.54, 1.807) is 20.8 Å². The molecule has 0 spiro atoms. The first-order valence-electron chi connectivity index (χ1n) is 10.8. The Hall–Kier alpha value is -2.56. The van der Waals surface area contributed by atoms with Gasteiger partial charge in [-0.3, -0.25) is 10.1 Å². The molecule has 4 atom stereocenters. The van der Waals surface area contributed by atoms with Crippen LogP contribution in [-0.4, -0.2) is 55.1 Å². The first-order valence-corrected chi connectivity index (χ1v) is 10.8. The van der Waals surface area contributed by atoms with Crippen molar-refractivity contribution in [3.05, 3.63) is 47.7 Å². The summed E-state index contributed by atoms with van der Waals surface area (Å²) in [7, 11) is 0. The lowest BCUT2D eigenvalue weighted by molar-refractivity contribution is -0.197. The Labute approximate surface area is 191 Å². The predicted octanol–water partition coefficient (Wildman–Crippen LogP) is 3.12. The molecule has 3 amide bonds. The van der Waals surface area contributed by atoms with E-state index >= 15 is 8.78 Å². The number of alkyl halides is 2. The molecule has 0 aromatic heterocycles. The minimum absolute atomic E-state index is 0.122. The molecule has 8 nitrogen and oxygen atoms in total. The molecular weight excluding hydrogens is 438 g/mol. The van der Waals surface area contributed by atoms with Gasteiger partial charge in [0.1, 0.15) is 18.2 Å². The van der Waals surface area contributed by atoms with Crippen molar-refractivity contribution < 1.29 is 37.3 Å². The second-order valence-corrected chi connectivity index (χ2v) is 8.51. The SMILES string of the molecule is CCOC=C(C)C(=O)NC(=O)NC1C2OC(C)(C)OC2C(COCc2ccccc2)C1(F)F. The minimum Gasteiger partial charge on any atom is -0.501 e. The summed E-state index contributed by atoms with van der Waals surface area (Å²) in [6.07, 6.45) is -0.910. The monoisotopic (exact) mass is 468 g/mol. The van der Waals surface area contributed by atoms with Crippen LogP contribution in [0, 0.1) is 5.92 Å². The molecule has 4 unspecified atom stereocenters. The maximum Gasteiger partial charge on any atom is 0.322 e. The molecule has 2 N–H and O–H groups in total. The van der Waals surface area contributed by atoms with Crippen molar-refractivity contribution in [3.8, 4) is 0 Å². The van der Waals surface area contributed by atoms with E-state index in [4.69, 9.17) is 18.9 Å². The van der Waals surface area contributed by atoms with Gasteiger partial charge < -0.3 is 24.3 Å². The Morgan fingerprint density at radius 1 is 1.15 bits per heavy atom. The fourth-order valence-electron chi connectivity index (χ4n) is 3.96. The number of fused-ring (bicyclic) bond motifs is 1. The van der Waals surface area contributed by atoms with Crippen molar-refractivity contribution in [2.24, 2.45) is 5.92 Å². The number of halogens is 2. The summed E-state index contributed by atoms with van der Waals surface area (Å²) < 4.78 is 52.8. The smallest absolute Gasteiger partial charge is 0.322 e. The van der Waals surface area contributed by atoms with Gasteiger partial charge in [0.05, 0.1) is 32.0 Å². The van der Waals surface area contributed by atoms with Crippen LogP contribution in [-0.2, 0) is 30.3 Å². The second-order valence-electron chi connectivity index (χ2n) is 8.51. The van der Waals surface area contributed by atoms with Gasteiger partial charge in [-0.2, -0.15) is 0 Å². The van der Waals surface area contributed by atoms with Crippen molar-refractivity contribution in [2.75, 3.05) is 13.2 Å². The van der Waals surface area contributed by atoms with Crippen molar-refractivity contribution >= 4 is 11.9 Å². The number of hydrogen-bond acceptors (Lipinski definition) is 6. The van der Waals surface area contributed by atoms with Crippen molar-refractivity contribution in [1.29, 1.82) is 0 Å². The number of urea groups is 1. The van der Waals surface area contributed by atoms with Crippen molar-refractivity contribution in [1.82, 2.24) is 10.6 Å². The molecule has 10 heteroatoms. The van der Waals surface area contributed by atoms with E-state index in [1.807, 2.05) is 35.6 Å². The Balaban J connectivity index is 1.68. The fourth-order valence-corrected chi connectivity index (χ4v) is 3.96. The van der Waals surface area contributed by atoms with E-state index in [0.717, 1.165) is 5.56 Å². The Morgan fingerprint density at radius 3 is 2.48 bits per heavy atom. The van der Waals surface area contributed by atoms with Crippen LogP contribution in [0.1, 0.15) is 33.3 Å².